The van der Waals surface area contributed by atoms with Crippen molar-refractivity contribution in [1.82, 2.24) is 5.32 Å². The molecule has 20 heavy (non-hydrogen) atoms. The van der Waals surface area contributed by atoms with Crippen molar-refractivity contribution in [2.24, 2.45) is 0 Å². The summed E-state index contributed by atoms with van der Waals surface area (Å²) in [6.07, 6.45) is 0. The average Bonchev–Trinajstić information content (AvgIpc) is 2.38. The fourth-order valence-corrected chi connectivity index (χ4v) is 2.65. The van der Waals surface area contributed by atoms with Gasteiger partial charge in [-0.15, -0.1) is 0 Å². The second-order valence-electron chi connectivity index (χ2n) is 4.52. The minimum atomic E-state index is -0.762. The molecule has 0 aliphatic rings. The van der Waals surface area contributed by atoms with Crippen LogP contribution in [0.2, 0.25) is 0 Å². The summed E-state index contributed by atoms with van der Waals surface area (Å²) in [5.74, 6) is -1.75. The van der Waals surface area contributed by atoms with Gasteiger partial charge in [0.2, 0.25) is 0 Å². The van der Waals surface area contributed by atoms with E-state index in [1.807, 2.05) is 0 Å². The van der Waals surface area contributed by atoms with E-state index in [0.29, 0.717) is 15.6 Å². The summed E-state index contributed by atoms with van der Waals surface area (Å²) in [6.45, 7) is 1.56. The van der Waals surface area contributed by atoms with Gasteiger partial charge in [-0.1, -0.05) is 22.0 Å². The molecule has 106 valence electrons. The van der Waals surface area contributed by atoms with Crippen LogP contribution >= 0.6 is 15.9 Å². The van der Waals surface area contributed by atoms with Crippen molar-refractivity contribution in [3.63, 3.8) is 0 Å². The molecule has 0 saturated heterocycles. The van der Waals surface area contributed by atoms with Gasteiger partial charge in [0.15, 0.2) is 0 Å². The molecule has 0 radical (unpaired) electrons. The van der Waals surface area contributed by atoms with Gasteiger partial charge in [-0.3, -0.25) is 0 Å². The van der Waals surface area contributed by atoms with Crippen LogP contribution in [0.4, 0.5) is 13.2 Å². The fraction of sp³-hybridized carbons (Fsp3) is 0.200. The number of benzene rings is 2. The first-order valence-electron chi connectivity index (χ1n) is 6.01. The maximum absolute atomic E-state index is 14.2. The summed E-state index contributed by atoms with van der Waals surface area (Å²) < 4.78 is 42.2. The second kappa shape index (κ2) is 5.97. The highest BCUT2D eigenvalue weighted by Crippen LogP contribution is 2.30. The number of nitrogens with one attached hydrogen (secondary N) is 1. The maximum atomic E-state index is 14.2. The molecule has 0 heterocycles. The van der Waals surface area contributed by atoms with Crippen LogP contribution in [0, 0.1) is 24.4 Å². The van der Waals surface area contributed by atoms with Gasteiger partial charge in [0.25, 0.3) is 0 Å². The van der Waals surface area contributed by atoms with Crippen LogP contribution in [0.3, 0.4) is 0 Å². The van der Waals surface area contributed by atoms with E-state index in [4.69, 9.17) is 0 Å². The minimum absolute atomic E-state index is 0.106. The van der Waals surface area contributed by atoms with E-state index in [9.17, 15) is 13.2 Å². The van der Waals surface area contributed by atoms with Crippen LogP contribution in [0.15, 0.2) is 34.8 Å². The third-order valence-electron chi connectivity index (χ3n) is 3.12. The smallest absolute Gasteiger partial charge is 0.134 e. The number of halogens is 4. The predicted octanol–water partition coefficient (Wildman–Crippen LogP) is 4.48. The Bertz CT molecular complexity index is 623. The molecule has 0 amide bonds. The lowest BCUT2D eigenvalue weighted by Gasteiger charge is -2.20. The van der Waals surface area contributed by atoms with Gasteiger partial charge in [-0.05, 0) is 49.4 Å². The highest BCUT2D eigenvalue weighted by molar-refractivity contribution is 9.10. The van der Waals surface area contributed by atoms with Crippen molar-refractivity contribution < 1.29 is 13.2 Å². The Morgan fingerprint density at radius 1 is 1.10 bits per heavy atom. The number of hydrogen-bond acceptors (Lipinski definition) is 1. The van der Waals surface area contributed by atoms with Crippen LogP contribution in [0.5, 0.6) is 0 Å². The summed E-state index contributed by atoms with van der Waals surface area (Å²) >= 11 is 3.18. The zero-order valence-corrected chi connectivity index (χ0v) is 12.6. The molecule has 1 unspecified atom stereocenters. The number of rotatable bonds is 3. The largest absolute Gasteiger partial charge is 0.309 e. The highest BCUT2D eigenvalue weighted by atomic mass is 79.9. The number of hydrogen-bond donors (Lipinski definition) is 1. The number of aryl methyl sites for hydroxylation is 1. The van der Waals surface area contributed by atoms with Gasteiger partial charge in [-0.2, -0.15) is 0 Å². The molecular formula is C15H13BrF3N. The van der Waals surface area contributed by atoms with Crippen LogP contribution in [-0.4, -0.2) is 7.05 Å². The van der Waals surface area contributed by atoms with Gasteiger partial charge in [0, 0.05) is 10.0 Å². The fourth-order valence-electron chi connectivity index (χ4n) is 2.16. The molecule has 1 atom stereocenters. The highest BCUT2D eigenvalue weighted by Gasteiger charge is 2.22. The molecule has 0 fully saturated rings. The zero-order chi connectivity index (χ0) is 14.9. The lowest BCUT2D eigenvalue weighted by atomic mass is 9.96. The molecular weight excluding hydrogens is 331 g/mol. The lowest BCUT2D eigenvalue weighted by molar-refractivity contribution is 0.516. The summed E-state index contributed by atoms with van der Waals surface area (Å²) in [5, 5.41) is 2.83. The lowest BCUT2D eigenvalue weighted by Crippen LogP contribution is -2.21. The van der Waals surface area contributed by atoms with Crippen molar-refractivity contribution in [3.05, 3.63) is 68.9 Å². The molecule has 0 saturated carbocycles. The van der Waals surface area contributed by atoms with E-state index in [2.05, 4.69) is 21.2 Å². The molecule has 0 spiro atoms. The summed E-state index contributed by atoms with van der Waals surface area (Å²) in [5.41, 5.74) is 0.685. The quantitative estimate of drug-likeness (QED) is 0.866. The Kier molecular flexibility index (Phi) is 4.50. The second-order valence-corrected chi connectivity index (χ2v) is 5.43. The van der Waals surface area contributed by atoms with Crippen LogP contribution in [-0.2, 0) is 0 Å². The molecule has 0 aliphatic carbocycles. The Balaban J connectivity index is 2.61. The molecule has 5 heteroatoms. The first kappa shape index (κ1) is 15.1. The van der Waals surface area contributed by atoms with Crippen molar-refractivity contribution in [2.45, 2.75) is 13.0 Å². The van der Waals surface area contributed by atoms with Gasteiger partial charge in [0.05, 0.1) is 6.04 Å². The first-order valence-corrected chi connectivity index (χ1v) is 6.81. The molecule has 2 aromatic rings. The molecule has 0 aromatic heterocycles. The SMILES string of the molecule is CNC(c1cc(F)cc(Br)c1)c1c(F)ccc(C)c1F. The van der Waals surface area contributed by atoms with E-state index >= 15 is 0 Å². The van der Waals surface area contributed by atoms with Gasteiger partial charge in [-0.25, -0.2) is 13.2 Å². The zero-order valence-electron chi connectivity index (χ0n) is 11.0. The van der Waals surface area contributed by atoms with Crippen molar-refractivity contribution in [3.8, 4) is 0 Å². The molecule has 0 aliphatic heterocycles. The summed E-state index contributed by atoms with van der Waals surface area (Å²) in [7, 11) is 1.57. The third-order valence-corrected chi connectivity index (χ3v) is 3.57. The Labute approximate surface area is 123 Å². The van der Waals surface area contributed by atoms with E-state index < -0.39 is 23.5 Å². The topological polar surface area (TPSA) is 12.0 Å². The van der Waals surface area contributed by atoms with Crippen molar-refractivity contribution in [2.75, 3.05) is 7.05 Å². The van der Waals surface area contributed by atoms with E-state index in [-0.39, 0.29) is 5.56 Å². The molecule has 1 nitrogen and oxygen atoms in total. The van der Waals surface area contributed by atoms with Crippen molar-refractivity contribution in [1.29, 1.82) is 0 Å². The normalized spacial score (nSPS) is 12.5. The third kappa shape index (κ3) is 2.88. The van der Waals surface area contributed by atoms with Crippen LogP contribution < -0.4 is 5.32 Å². The van der Waals surface area contributed by atoms with Gasteiger partial charge < -0.3 is 5.32 Å². The summed E-state index contributed by atoms with van der Waals surface area (Å²) in [4.78, 5) is 0. The Hall–Kier alpha value is -1.33. The first-order chi connectivity index (χ1) is 9.43. The van der Waals surface area contributed by atoms with Gasteiger partial charge in [0.1, 0.15) is 17.5 Å². The van der Waals surface area contributed by atoms with Crippen molar-refractivity contribution >= 4 is 15.9 Å². The average molecular weight is 344 g/mol. The molecule has 2 rings (SSSR count). The minimum Gasteiger partial charge on any atom is -0.309 e. The van der Waals surface area contributed by atoms with E-state index in [1.54, 1.807) is 20.0 Å². The Morgan fingerprint density at radius 2 is 1.80 bits per heavy atom. The van der Waals surface area contributed by atoms with Crippen LogP contribution in [0.1, 0.15) is 22.7 Å². The summed E-state index contributed by atoms with van der Waals surface area (Å²) in [6, 6.07) is 6.01. The molecule has 2 aromatic carbocycles. The Morgan fingerprint density at radius 3 is 2.40 bits per heavy atom. The van der Waals surface area contributed by atoms with Crippen LogP contribution in [0.25, 0.3) is 0 Å². The predicted molar refractivity (Wildman–Crippen MR) is 76.1 cm³/mol. The maximum Gasteiger partial charge on any atom is 0.134 e. The van der Waals surface area contributed by atoms with E-state index in [0.717, 1.165) is 0 Å². The van der Waals surface area contributed by atoms with Gasteiger partial charge >= 0.3 is 0 Å². The molecule has 1 N–H and O–H groups in total. The van der Waals surface area contributed by atoms with E-state index in [1.165, 1.54) is 24.3 Å². The standard InChI is InChI=1S/C15H13BrF3N/c1-8-3-4-12(18)13(14(8)19)15(20-2)9-5-10(16)7-11(17)6-9/h3-7,15,20H,1-2H3. The monoisotopic (exact) mass is 343 g/mol. The molecule has 0 bridgehead atoms.